The van der Waals surface area contributed by atoms with Gasteiger partial charge in [-0.15, -0.1) is 6.58 Å². The third kappa shape index (κ3) is 7.57. The first kappa shape index (κ1) is 14.7. The lowest BCUT2D eigenvalue weighted by molar-refractivity contribution is 0.00640. The van der Waals surface area contributed by atoms with Crippen molar-refractivity contribution in [1.29, 1.82) is 0 Å². The Morgan fingerprint density at radius 3 is 2.60 bits per heavy atom. The molecule has 1 N–H and O–H groups in total. The zero-order valence-corrected chi connectivity index (χ0v) is 10.8. The Balaban J connectivity index is 3.96. The van der Waals surface area contributed by atoms with Gasteiger partial charge in [-0.3, -0.25) is 0 Å². The Kier molecular flexibility index (Phi) is 7.71. The molecule has 0 aliphatic carbocycles. The second-order valence-corrected chi connectivity index (χ2v) is 4.64. The predicted octanol–water partition coefficient (Wildman–Crippen LogP) is 3.14. The van der Waals surface area contributed by atoms with Gasteiger partial charge in [0.1, 0.15) is 0 Å². The zero-order valence-electron chi connectivity index (χ0n) is 10.8. The Labute approximate surface area is 95.1 Å². The van der Waals surface area contributed by atoms with Crippen molar-refractivity contribution in [3.8, 4) is 0 Å². The molecule has 0 radical (unpaired) electrons. The first-order valence-electron chi connectivity index (χ1n) is 5.95. The van der Waals surface area contributed by atoms with Crippen molar-refractivity contribution in [3.05, 3.63) is 12.7 Å². The molecule has 15 heavy (non-hydrogen) atoms. The van der Waals surface area contributed by atoms with Gasteiger partial charge in [0.25, 0.3) is 0 Å². The van der Waals surface area contributed by atoms with Gasteiger partial charge in [-0.05, 0) is 46.1 Å². The van der Waals surface area contributed by atoms with Crippen molar-refractivity contribution in [2.24, 2.45) is 0 Å². The van der Waals surface area contributed by atoms with Crippen LogP contribution in [0, 0.1) is 0 Å². The van der Waals surface area contributed by atoms with Crippen molar-refractivity contribution in [2.75, 3.05) is 13.7 Å². The Bertz CT molecular complexity index is 166. The van der Waals surface area contributed by atoms with Crippen LogP contribution in [0.15, 0.2) is 12.7 Å². The van der Waals surface area contributed by atoms with E-state index in [9.17, 15) is 0 Å². The normalized spacial score (nSPS) is 13.9. The van der Waals surface area contributed by atoms with Gasteiger partial charge < -0.3 is 10.1 Å². The molecule has 0 heterocycles. The number of allylic oxidation sites excluding steroid dienone is 1. The van der Waals surface area contributed by atoms with Crippen LogP contribution in [0.2, 0.25) is 0 Å². The summed E-state index contributed by atoms with van der Waals surface area (Å²) >= 11 is 0. The van der Waals surface area contributed by atoms with E-state index in [0.29, 0.717) is 6.04 Å². The lowest BCUT2D eigenvalue weighted by atomic mass is 9.95. The maximum atomic E-state index is 5.46. The monoisotopic (exact) mass is 213 g/mol. The second kappa shape index (κ2) is 7.89. The van der Waals surface area contributed by atoms with Crippen LogP contribution < -0.4 is 5.32 Å². The van der Waals surface area contributed by atoms with E-state index in [4.69, 9.17) is 4.74 Å². The predicted molar refractivity (Wildman–Crippen MR) is 67.2 cm³/mol. The molecule has 0 aliphatic heterocycles. The first-order chi connectivity index (χ1) is 7.05. The minimum atomic E-state index is -0.0268. The average molecular weight is 213 g/mol. The van der Waals surface area contributed by atoms with Gasteiger partial charge in [0.05, 0.1) is 5.60 Å². The number of rotatable bonds is 9. The highest BCUT2D eigenvalue weighted by molar-refractivity contribution is 4.79. The third-order valence-corrected chi connectivity index (χ3v) is 2.74. The van der Waals surface area contributed by atoms with Crippen LogP contribution in [0.4, 0.5) is 0 Å². The molecular weight excluding hydrogens is 186 g/mol. The third-order valence-electron chi connectivity index (χ3n) is 2.74. The summed E-state index contributed by atoms with van der Waals surface area (Å²) in [6.07, 6.45) is 6.57. The van der Waals surface area contributed by atoms with Gasteiger partial charge >= 0.3 is 0 Å². The maximum Gasteiger partial charge on any atom is 0.0637 e. The van der Waals surface area contributed by atoms with Gasteiger partial charge in [0.2, 0.25) is 0 Å². The van der Waals surface area contributed by atoms with Crippen LogP contribution >= 0.6 is 0 Å². The molecule has 0 aromatic heterocycles. The first-order valence-corrected chi connectivity index (χ1v) is 5.95. The number of methoxy groups -OCH3 is 1. The Hall–Kier alpha value is -0.340. The zero-order chi connectivity index (χ0) is 11.7. The smallest absolute Gasteiger partial charge is 0.0637 e. The van der Waals surface area contributed by atoms with Crippen LogP contribution in [0.25, 0.3) is 0 Å². The van der Waals surface area contributed by atoms with E-state index in [0.717, 1.165) is 19.4 Å². The fraction of sp³-hybridized carbons (Fsp3) is 0.846. The summed E-state index contributed by atoms with van der Waals surface area (Å²) in [6, 6.07) is 0.560. The minimum absolute atomic E-state index is 0.0268. The SMILES string of the molecule is C=CCCCC(CC(C)(C)OC)NCC. The quantitative estimate of drug-likeness (QED) is 0.469. The van der Waals surface area contributed by atoms with Crippen LogP contribution in [0.3, 0.4) is 0 Å². The summed E-state index contributed by atoms with van der Waals surface area (Å²) in [5.74, 6) is 0. The summed E-state index contributed by atoms with van der Waals surface area (Å²) in [6.45, 7) is 11.2. The van der Waals surface area contributed by atoms with Crippen molar-refractivity contribution >= 4 is 0 Å². The molecule has 0 aromatic rings. The summed E-state index contributed by atoms with van der Waals surface area (Å²) in [7, 11) is 1.78. The largest absolute Gasteiger partial charge is 0.379 e. The second-order valence-electron chi connectivity index (χ2n) is 4.64. The lowest BCUT2D eigenvalue weighted by Crippen LogP contribution is -2.37. The number of hydrogen-bond acceptors (Lipinski definition) is 2. The summed E-state index contributed by atoms with van der Waals surface area (Å²) in [4.78, 5) is 0. The molecule has 2 heteroatoms. The number of ether oxygens (including phenoxy) is 1. The van der Waals surface area contributed by atoms with E-state index in [1.165, 1.54) is 12.8 Å². The molecule has 0 fully saturated rings. The van der Waals surface area contributed by atoms with E-state index >= 15 is 0 Å². The summed E-state index contributed by atoms with van der Waals surface area (Å²) < 4.78 is 5.46. The number of hydrogen-bond donors (Lipinski definition) is 1. The molecule has 0 spiro atoms. The van der Waals surface area contributed by atoms with Crippen molar-refractivity contribution < 1.29 is 4.74 Å². The minimum Gasteiger partial charge on any atom is -0.379 e. The van der Waals surface area contributed by atoms with E-state index in [-0.39, 0.29) is 5.60 Å². The molecule has 0 aromatic carbocycles. The highest BCUT2D eigenvalue weighted by Gasteiger charge is 2.21. The van der Waals surface area contributed by atoms with E-state index < -0.39 is 0 Å². The van der Waals surface area contributed by atoms with Gasteiger partial charge in [0, 0.05) is 13.2 Å². The lowest BCUT2D eigenvalue weighted by Gasteiger charge is -2.29. The van der Waals surface area contributed by atoms with E-state index in [1.807, 2.05) is 6.08 Å². The van der Waals surface area contributed by atoms with Crippen molar-refractivity contribution in [2.45, 2.75) is 58.1 Å². The van der Waals surface area contributed by atoms with Gasteiger partial charge in [0.15, 0.2) is 0 Å². The van der Waals surface area contributed by atoms with Gasteiger partial charge in [-0.1, -0.05) is 13.0 Å². The molecule has 0 rings (SSSR count). The van der Waals surface area contributed by atoms with Crippen LogP contribution in [0.5, 0.6) is 0 Å². The molecule has 0 bridgehead atoms. The highest BCUT2D eigenvalue weighted by Crippen LogP contribution is 2.18. The molecule has 0 amide bonds. The average Bonchev–Trinajstić information content (AvgIpc) is 2.18. The Morgan fingerprint density at radius 2 is 2.13 bits per heavy atom. The molecule has 2 nitrogen and oxygen atoms in total. The van der Waals surface area contributed by atoms with Gasteiger partial charge in [-0.25, -0.2) is 0 Å². The van der Waals surface area contributed by atoms with Crippen LogP contribution in [-0.2, 0) is 4.74 Å². The molecule has 0 aliphatic rings. The van der Waals surface area contributed by atoms with Gasteiger partial charge in [-0.2, -0.15) is 0 Å². The van der Waals surface area contributed by atoms with Crippen molar-refractivity contribution in [1.82, 2.24) is 5.32 Å². The molecular formula is C13H27NO. The van der Waals surface area contributed by atoms with Crippen molar-refractivity contribution in [3.63, 3.8) is 0 Å². The molecule has 0 saturated carbocycles. The van der Waals surface area contributed by atoms with E-state index in [2.05, 4.69) is 32.7 Å². The molecule has 1 atom stereocenters. The Morgan fingerprint density at radius 1 is 1.47 bits per heavy atom. The number of unbranched alkanes of at least 4 members (excludes halogenated alkanes) is 1. The van der Waals surface area contributed by atoms with Crippen LogP contribution in [0.1, 0.15) is 46.5 Å². The molecule has 0 saturated heterocycles. The van der Waals surface area contributed by atoms with E-state index in [1.54, 1.807) is 7.11 Å². The molecule has 1 unspecified atom stereocenters. The fourth-order valence-electron chi connectivity index (χ4n) is 1.75. The summed E-state index contributed by atoms with van der Waals surface area (Å²) in [5.41, 5.74) is -0.0268. The highest BCUT2D eigenvalue weighted by atomic mass is 16.5. The standard InChI is InChI=1S/C13H27NO/c1-6-8-9-10-12(14-7-2)11-13(3,4)15-5/h6,12,14H,1,7-11H2,2-5H3. The number of nitrogens with one attached hydrogen (secondary N) is 1. The fourth-order valence-corrected chi connectivity index (χ4v) is 1.75. The molecule has 90 valence electrons. The summed E-state index contributed by atoms with van der Waals surface area (Å²) in [5, 5.41) is 3.52. The van der Waals surface area contributed by atoms with Crippen LogP contribution in [-0.4, -0.2) is 25.3 Å². The maximum absolute atomic E-state index is 5.46. The topological polar surface area (TPSA) is 21.3 Å².